The maximum absolute atomic E-state index is 13.6. The van der Waals surface area contributed by atoms with E-state index in [1.54, 1.807) is 0 Å². The summed E-state index contributed by atoms with van der Waals surface area (Å²) in [4.78, 5) is 28.0. The monoisotopic (exact) mass is 365 g/mol. The second kappa shape index (κ2) is 8.46. The van der Waals surface area contributed by atoms with Gasteiger partial charge in [0.2, 0.25) is 0 Å². The highest BCUT2D eigenvalue weighted by Crippen LogP contribution is 2.20. The molecular weight excluding hydrogens is 347 g/mol. The summed E-state index contributed by atoms with van der Waals surface area (Å²) in [7, 11) is 0. The summed E-state index contributed by atoms with van der Waals surface area (Å²) in [6.45, 7) is 4.54. The van der Waals surface area contributed by atoms with Crippen molar-refractivity contribution in [2.75, 3.05) is 11.9 Å². The molecule has 1 aromatic heterocycles. The first kappa shape index (κ1) is 19.4. The minimum Gasteiger partial charge on any atom is -0.352 e. The van der Waals surface area contributed by atoms with Crippen molar-refractivity contribution < 1.29 is 22.8 Å². The summed E-state index contributed by atoms with van der Waals surface area (Å²) in [5.41, 5.74) is -0.479. The van der Waals surface area contributed by atoms with Gasteiger partial charge < -0.3 is 10.6 Å². The summed E-state index contributed by atoms with van der Waals surface area (Å²) < 4.78 is 39.8. The topological polar surface area (TPSA) is 71.1 Å². The van der Waals surface area contributed by atoms with E-state index in [9.17, 15) is 22.8 Å². The van der Waals surface area contributed by atoms with E-state index >= 15 is 0 Å². The summed E-state index contributed by atoms with van der Waals surface area (Å²) in [6, 6.07) is 4.26. The van der Waals surface area contributed by atoms with Gasteiger partial charge in [-0.25, -0.2) is 13.2 Å². The molecule has 0 fully saturated rings. The normalized spacial score (nSPS) is 10.7. The molecule has 2 rings (SSSR count). The lowest BCUT2D eigenvalue weighted by Gasteiger charge is -2.09. The fourth-order valence-electron chi connectivity index (χ4n) is 2.08. The number of nitrogens with zero attached hydrogens (tertiary/aromatic N) is 1. The van der Waals surface area contributed by atoms with Crippen LogP contribution in [-0.4, -0.2) is 23.3 Å². The Labute approximate surface area is 148 Å². The lowest BCUT2D eigenvalue weighted by Crippen LogP contribution is -2.26. The van der Waals surface area contributed by atoms with Crippen LogP contribution in [0.3, 0.4) is 0 Å². The van der Waals surface area contributed by atoms with E-state index in [1.165, 1.54) is 18.3 Å². The molecule has 5 nitrogen and oxygen atoms in total. The van der Waals surface area contributed by atoms with Crippen molar-refractivity contribution in [1.82, 2.24) is 10.3 Å². The van der Waals surface area contributed by atoms with Crippen LogP contribution in [-0.2, 0) is 0 Å². The zero-order chi connectivity index (χ0) is 19.3. The highest BCUT2D eigenvalue weighted by Gasteiger charge is 2.17. The fourth-order valence-corrected chi connectivity index (χ4v) is 2.08. The highest BCUT2D eigenvalue weighted by atomic mass is 19.2. The fraction of sp³-hybridized carbons (Fsp3) is 0.278. The van der Waals surface area contributed by atoms with Crippen LogP contribution in [0.5, 0.6) is 0 Å². The molecule has 0 radical (unpaired) electrons. The van der Waals surface area contributed by atoms with Crippen molar-refractivity contribution in [3.8, 4) is 0 Å². The van der Waals surface area contributed by atoms with Crippen molar-refractivity contribution in [2.24, 2.45) is 5.92 Å². The SMILES string of the molecule is CC(C)CCNC(=O)c1ccnc(C(=O)Nc2ccc(F)c(F)c2F)c1. The van der Waals surface area contributed by atoms with E-state index in [2.05, 4.69) is 15.6 Å². The summed E-state index contributed by atoms with van der Waals surface area (Å²) >= 11 is 0. The second-order valence-electron chi connectivity index (χ2n) is 6.05. The van der Waals surface area contributed by atoms with Crippen LogP contribution in [0, 0.1) is 23.4 Å². The van der Waals surface area contributed by atoms with Gasteiger partial charge in [-0.1, -0.05) is 13.8 Å². The minimum atomic E-state index is -1.69. The van der Waals surface area contributed by atoms with Gasteiger partial charge in [0.1, 0.15) is 5.69 Å². The maximum Gasteiger partial charge on any atom is 0.274 e. The number of halogens is 3. The number of carbonyl (C=O) groups is 2. The highest BCUT2D eigenvalue weighted by molar-refractivity contribution is 6.04. The molecule has 1 heterocycles. The molecule has 1 aromatic carbocycles. The van der Waals surface area contributed by atoms with E-state index < -0.39 is 29.0 Å². The summed E-state index contributed by atoms with van der Waals surface area (Å²) in [5, 5.41) is 4.82. The Morgan fingerprint density at radius 3 is 2.50 bits per heavy atom. The molecule has 0 unspecified atom stereocenters. The van der Waals surface area contributed by atoms with Crippen LogP contribution in [0.15, 0.2) is 30.5 Å². The third-order valence-corrected chi connectivity index (χ3v) is 3.55. The van der Waals surface area contributed by atoms with Gasteiger partial charge in [-0.15, -0.1) is 0 Å². The molecule has 0 aliphatic carbocycles. The third-order valence-electron chi connectivity index (χ3n) is 3.55. The molecule has 0 spiro atoms. The molecule has 0 saturated heterocycles. The average molecular weight is 365 g/mol. The number of carbonyl (C=O) groups excluding carboxylic acids is 2. The lowest BCUT2D eigenvalue weighted by molar-refractivity contribution is 0.0952. The molecule has 26 heavy (non-hydrogen) atoms. The predicted molar refractivity (Wildman–Crippen MR) is 90.3 cm³/mol. The standard InChI is InChI=1S/C18H18F3N3O2/c1-10(2)5-7-23-17(25)11-6-8-22-14(9-11)18(26)24-13-4-3-12(19)15(20)16(13)21/h3-4,6,8-10H,5,7H2,1-2H3,(H,23,25)(H,24,26). The molecule has 0 saturated carbocycles. The van der Waals surface area contributed by atoms with Crippen LogP contribution in [0.1, 0.15) is 41.1 Å². The first-order chi connectivity index (χ1) is 12.3. The van der Waals surface area contributed by atoms with Crippen molar-refractivity contribution in [3.63, 3.8) is 0 Å². The van der Waals surface area contributed by atoms with Gasteiger partial charge >= 0.3 is 0 Å². The van der Waals surface area contributed by atoms with E-state index in [0.29, 0.717) is 18.5 Å². The second-order valence-corrected chi connectivity index (χ2v) is 6.05. The molecule has 0 bridgehead atoms. The van der Waals surface area contributed by atoms with E-state index in [4.69, 9.17) is 0 Å². The van der Waals surface area contributed by atoms with Crippen LogP contribution in [0.25, 0.3) is 0 Å². The van der Waals surface area contributed by atoms with Gasteiger partial charge in [0.15, 0.2) is 17.5 Å². The maximum atomic E-state index is 13.6. The van der Waals surface area contributed by atoms with Gasteiger partial charge in [-0.3, -0.25) is 14.6 Å². The number of aromatic nitrogens is 1. The first-order valence-electron chi connectivity index (χ1n) is 7.98. The van der Waals surface area contributed by atoms with Gasteiger partial charge in [0, 0.05) is 18.3 Å². The molecule has 0 aliphatic heterocycles. The Kier molecular flexibility index (Phi) is 6.32. The Morgan fingerprint density at radius 1 is 1.08 bits per heavy atom. The first-order valence-corrected chi connectivity index (χ1v) is 7.98. The van der Waals surface area contributed by atoms with Crippen molar-refractivity contribution in [3.05, 3.63) is 59.2 Å². The smallest absolute Gasteiger partial charge is 0.274 e. The summed E-state index contributed by atoms with van der Waals surface area (Å²) in [6.07, 6.45) is 2.06. The van der Waals surface area contributed by atoms with Crippen LogP contribution >= 0.6 is 0 Å². The van der Waals surface area contributed by atoms with Gasteiger partial charge in [0.05, 0.1) is 5.69 Å². The number of nitrogens with one attached hydrogen (secondary N) is 2. The summed E-state index contributed by atoms with van der Waals surface area (Å²) in [5.74, 6) is -5.36. The van der Waals surface area contributed by atoms with Crippen LogP contribution < -0.4 is 10.6 Å². The van der Waals surface area contributed by atoms with Gasteiger partial charge in [0.25, 0.3) is 11.8 Å². The Morgan fingerprint density at radius 2 is 1.81 bits per heavy atom. The quantitative estimate of drug-likeness (QED) is 0.770. The van der Waals surface area contributed by atoms with Crippen LogP contribution in [0.2, 0.25) is 0 Å². The molecule has 0 atom stereocenters. The largest absolute Gasteiger partial charge is 0.352 e. The number of anilines is 1. The Hall–Kier alpha value is -2.90. The van der Waals surface area contributed by atoms with Crippen LogP contribution in [0.4, 0.5) is 18.9 Å². The number of hydrogen-bond donors (Lipinski definition) is 2. The lowest BCUT2D eigenvalue weighted by atomic mass is 10.1. The van der Waals surface area contributed by atoms with Gasteiger partial charge in [-0.05, 0) is 36.6 Å². The number of pyridine rings is 1. The van der Waals surface area contributed by atoms with E-state index in [-0.39, 0.29) is 17.2 Å². The molecule has 0 aliphatic rings. The number of hydrogen-bond acceptors (Lipinski definition) is 3. The van der Waals surface area contributed by atoms with Crippen molar-refractivity contribution in [2.45, 2.75) is 20.3 Å². The van der Waals surface area contributed by atoms with Crippen molar-refractivity contribution in [1.29, 1.82) is 0 Å². The molecule has 2 N–H and O–H groups in total. The molecule has 138 valence electrons. The Bertz CT molecular complexity index is 825. The predicted octanol–water partition coefficient (Wildman–Crippen LogP) is 3.53. The van der Waals surface area contributed by atoms with E-state index in [0.717, 1.165) is 12.5 Å². The third kappa shape index (κ3) is 4.81. The van der Waals surface area contributed by atoms with E-state index in [1.807, 2.05) is 13.8 Å². The average Bonchev–Trinajstić information content (AvgIpc) is 2.62. The zero-order valence-electron chi connectivity index (χ0n) is 14.3. The number of rotatable bonds is 6. The zero-order valence-corrected chi connectivity index (χ0v) is 14.3. The minimum absolute atomic E-state index is 0.161. The molecule has 2 aromatic rings. The van der Waals surface area contributed by atoms with Crippen molar-refractivity contribution >= 4 is 17.5 Å². The number of benzene rings is 1. The van der Waals surface area contributed by atoms with Gasteiger partial charge in [-0.2, -0.15) is 0 Å². The molecule has 2 amide bonds. The molecule has 8 heteroatoms. The number of amides is 2. The Balaban J connectivity index is 2.11. The molecular formula is C18H18F3N3O2.